The zero-order valence-electron chi connectivity index (χ0n) is 9.18. The van der Waals surface area contributed by atoms with Gasteiger partial charge in [0.1, 0.15) is 11.4 Å². The highest BCUT2D eigenvalue weighted by Gasteiger charge is 2.41. The lowest BCUT2D eigenvalue weighted by Crippen LogP contribution is -2.31. The average molecular weight is 272 g/mol. The summed E-state index contributed by atoms with van der Waals surface area (Å²) in [5.41, 5.74) is -0.281. The van der Waals surface area contributed by atoms with Gasteiger partial charge in [-0.15, -0.1) is 6.58 Å². The summed E-state index contributed by atoms with van der Waals surface area (Å²) < 4.78 is 25.1. The van der Waals surface area contributed by atoms with Crippen molar-refractivity contribution in [2.45, 2.75) is 5.75 Å². The third kappa shape index (κ3) is 1.78. The third-order valence-electron chi connectivity index (χ3n) is 2.50. The molecular weight excluding hydrogens is 262 g/mol. The third-order valence-corrected chi connectivity index (χ3v) is 4.18. The van der Waals surface area contributed by atoms with Gasteiger partial charge < -0.3 is 0 Å². The number of pyridine rings is 1. The van der Waals surface area contributed by atoms with Crippen LogP contribution in [-0.4, -0.2) is 25.1 Å². The fraction of sp³-hybridized carbons (Fsp3) is 0.222. The van der Waals surface area contributed by atoms with E-state index in [4.69, 9.17) is 0 Å². The topological polar surface area (TPSA) is 105 Å². The van der Waals surface area contributed by atoms with Crippen LogP contribution in [-0.2, 0) is 15.8 Å². The Labute approximate surface area is 103 Å². The Kier molecular flexibility index (Phi) is 2.70. The Morgan fingerprint density at radius 2 is 2.28 bits per heavy atom. The molecule has 9 heteroatoms. The van der Waals surface area contributed by atoms with Gasteiger partial charge in [0.15, 0.2) is 0 Å². The normalized spacial score (nSPS) is 16.3. The van der Waals surface area contributed by atoms with Crippen molar-refractivity contribution in [2.24, 2.45) is 0 Å². The molecule has 0 atom stereocenters. The summed E-state index contributed by atoms with van der Waals surface area (Å²) in [7, 11) is -3.65. The molecule has 96 valence electrons. The molecule has 2 heterocycles. The van der Waals surface area contributed by atoms with Gasteiger partial charge in [0.25, 0.3) is 0 Å². The van der Waals surface area contributed by atoms with Gasteiger partial charge in [0.05, 0.1) is 17.0 Å². The minimum Gasteiger partial charge on any atom is -0.285 e. The molecule has 0 saturated heterocycles. The Hall–Kier alpha value is -2.16. The molecule has 8 nitrogen and oxygen atoms in total. The van der Waals surface area contributed by atoms with Gasteiger partial charge in [-0.3, -0.25) is 19.6 Å². The van der Waals surface area contributed by atoms with Gasteiger partial charge >= 0.3 is 11.9 Å². The average Bonchev–Trinajstić information content (AvgIpc) is 2.49. The molecule has 0 amide bonds. The molecule has 0 spiro atoms. The number of nitro groups is 1. The standard InChI is InChI=1S/C9H10N3O5S/c1-2-3-11-9-7(6-18(11,16)17)4-10(13)5-8(9)12(14)15/h2,4-5,13H,1,3,6H2/q+1. The van der Waals surface area contributed by atoms with Crippen molar-refractivity contribution in [3.63, 3.8) is 0 Å². The summed E-state index contributed by atoms with van der Waals surface area (Å²) in [6, 6.07) is 0. The fourth-order valence-corrected chi connectivity index (χ4v) is 3.45. The van der Waals surface area contributed by atoms with Crippen LogP contribution in [0.1, 0.15) is 5.56 Å². The quantitative estimate of drug-likeness (QED) is 0.273. The van der Waals surface area contributed by atoms with Crippen molar-refractivity contribution in [2.75, 3.05) is 10.8 Å². The lowest BCUT2D eigenvalue weighted by Gasteiger charge is -2.14. The van der Waals surface area contributed by atoms with Gasteiger partial charge in [-0.2, -0.15) is 0 Å². The van der Waals surface area contributed by atoms with Crippen LogP contribution >= 0.6 is 0 Å². The Bertz CT molecular complexity index is 640. The monoisotopic (exact) mass is 272 g/mol. The van der Waals surface area contributed by atoms with Crippen LogP contribution in [0.25, 0.3) is 0 Å². The van der Waals surface area contributed by atoms with E-state index in [0.29, 0.717) is 4.73 Å². The molecule has 1 aliphatic heterocycles. The van der Waals surface area contributed by atoms with Gasteiger partial charge in [-0.05, 0) is 0 Å². The molecule has 1 N–H and O–H groups in total. The molecule has 0 aliphatic carbocycles. The Balaban J connectivity index is 2.72. The van der Waals surface area contributed by atoms with Crippen LogP contribution < -0.4 is 9.04 Å². The molecule has 0 radical (unpaired) electrons. The van der Waals surface area contributed by atoms with Crippen molar-refractivity contribution in [1.29, 1.82) is 0 Å². The van der Waals surface area contributed by atoms with E-state index in [-0.39, 0.29) is 23.5 Å². The predicted molar refractivity (Wildman–Crippen MR) is 60.6 cm³/mol. The highest BCUT2D eigenvalue weighted by Crippen LogP contribution is 2.39. The lowest BCUT2D eigenvalue weighted by molar-refractivity contribution is -0.905. The number of sulfonamides is 1. The van der Waals surface area contributed by atoms with Crippen molar-refractivity contribution in [3.8, 4) is 0 Å². The molecule has 0 saturated carbocycles. The number of hydrogen-bond acceptors (Lipinski definition) is 5. The van der Waals surface area contributed by atoms with Crippen molar-refractivity contribution < 1.29 is 23.3 Å². The second-order valence-electron chi connectivity index (χ2n) is 3.73. The molecule has 0 unspecified atom stereocenters. The number of nitrogens with zero attached hydrogens (tertiary/aromatic N) is 3. The van der Waals surface area contributed by atoms with E-state index < -0.39 is 20.6 Å². The zero-order valence-corrected chi connectivity index (χ0v) is 10.00. The number of fused-ring (bicyclic) bond motifs is 1. The second kappa shape index (κ2) is 3.95. The van der Waals surface area contributed by atoms with Gasteiger partial charge in [-0.25, -0.2) is 8.42 Å². The SMILES string of the molecule is C=CCN1c2c(c[n+](O)cc2[N+](=O)[O-])CS1(=O)=O. The van der Waals surface area contributed by atoms with Gasteiger partial charge in [-0.1, -0.05) is 6.08 Å². The predicted octanol–water partition coefficient (Wildman–Crippen LogP) is -0.0446. The second-order valence-corrected chi connectivity index (χ2v) is 5.62. The summed E-state index contributed by atoms with van der Waals surface area (Å²) in [6.45, 7) is 3.37. The number of hydrogen-bond donors (Lipinski definition) is 1. The van der Waals surface area contributed by atoms with Crippen molar-refractivity contribution in [1.82, 2.24) is 0 Å². The highest BCUT2D eigenvalue weighted by atomic mass is 32.2. The molecule has 0 bridgehead atoms. The van der Waals surface area contributed by atoms with E-state index in [1.807, 2.05) is 0 Å². The first-order chi connectivity index (χ1) is 8.36. The molecule has 18 heavy (non-hydrogen) atoms. The van der Waals surface area contributed by atoms with Crippen LogP contribution in [0.2, 0.25) is 0 Å². The van der Waals surface area contributed by atoms with Crippen LogP contribution in [0.3, 0.4) is 0 Å². The van der Waals surface area contributed by atoms with E-state index in [0.717, 1.165) is 16.7 Å². The minimum atomic E-state index is -3.65. The Morgan fingerprint density at radius 3 is 2.83 bits per heavy atom. The molecule has 2 rings (SSSR count). The molecule has 1 aromatic heterocycles. The first kappa shape index (κ1) is 12.3. The summed E-state index contributed by atoms with van der Waals surface area (Å²) >= 11 is 0. The highest BCUT2D eigenvalue weighted by molar-refractivity contribution is 7.92. The molecule has 0 aromatic carbocycles. The summed E-state index contributed by atoms with van der Waals surface area (Å²) in [5.74, 6) is -0.377. The van der Waals surface area contributed by atoms with E-state index in [2.05, 4.69) is 6.58 Å². The fourth-order valence-electron chi connectivity index (χ4n) is 1.87. The molecular formula is C9H10N3O5S+. The maximum Gasteiger partial charge on any atom is 0.361 e. The molecule has 1 aliphatic rings. The van der Waals surface area contributed by atoms with Crippen molar-refractivity contribution in [3.05, 3.63) is 40.7 Å². The Morgan fingerprint density at radius 1 is 1.61 bits per heavy atom. The van der Waals surface area contributed by atoms with E-state index >= 15 is 0 Å². The summed E-state index contributed by atoms with van der Waals surface area (Å²) in [6.07, 6.45) is 3.34. The number of rotatable bonds is 3. The van der Waals surface area contributed by atoms with Gasteiger partial charge in [0, 0.05) is 4.73 Å². The van der Waals surface area contributed by atoms with Crippen LogP contribution in [0.5, 0.6) is 0 Å². The van der Waals surface area contributed by atoms with E-state index in [1.165, 1.54) is 6.08 Å². The molecule has 1 aromatic rings. The first-order valence-electron chi connectivity index (χ1n) is 4.90. The van der Waals surface area contributed by atoms with E-state index in [1.54, 1.807) is 0 Å². The van der Waals surface area contributed by atoms with Gasteiger partial charge in [0.2, 0.25) is 16.2 Å². The van der Waals surface area contributed by atoms with Crippen molar-refractivity contribution >= 4 is 21.4 Å². The van der Waals surface area contributed by atoms with Crippen LogP contribution in [0.4, 0.5) is 11.4 Å². The summed E-state index contributed by atoms with van der Waals surface area (Å²) in [5, 5.41) is 20.2. The smallest absolute Gasteiger partial charge is 0.285 e. The molecule has 0 fully saturated rings. The van der Waals surface area contributed by atoms with Crippen LogP contribution in [0.15, 0.2) is 25.0 Å². The number of anilines is 1. The minimum absolute atomic E-state index is 0.00907. The van der Waals surface area contributed by atoms with E-state index in [9.17, 15) is 23.7 Å². The number of aromatic nitrogens is 1. The first-order valence-corrected chi connectivity index (χ1v) is 6.51. The summed E-state index contributed by atoms with van der Waals surface area (Å²) in [4.78, 5) is 10.2. The largest absolute Gasteiger partial charge is 0.361 e. The maximum absolute atomic E-state index is 11.9. The zero-order chi connectivity index (χ0) is 13.5. The van der Waals surface area contributed by atoms with Crippen LogP contribution in [0, 0.1) is 10.1 Å². The lowest BCUT2D eigenvalue weighted by atomic mass is 10.2. The maximum atomic E-state index is 11.9.